The predicted octanol–water partition coefficient (Wildman–Crippen LogP) is 7.86. The quantitative estimate of drug-likeness (QED) is 0.306. The third-order valence-electron chi connectivity index (χ3n) is 5.05. The lowest BCUT2D eigenvalue weighted by Gasteiger charge is -2.16. The largest absolute Gasteiger partial charge is 0.0654 e. The first kappa shape index (κ1) is 21.0. The van der Waals surface area contributed by atoms with Gasteiger partial charge in [0.25, 0.3) is 0 Å². The number of hydrogen-bond acceptors (Lipinski definition) is 0. The van der Waals surface area contributed by atoms with Crippen molar-refractivity contribution in [1.29, 1.82) is 0 Å². The summed E-state index contributed by atoms with van der Waals surface area (Å²) in [5.41, 5.74) is 0. The van der Waals surface area contributed by atoms with Crippen LogP contribution in [0.3, 0.4) is 0 Å². The highest BCUT2D eigenvalue weighted by atomic mass is 14.1. The summed E-state index contributed by atoms with van der Waals surface area (Å²) in [6.45, 7) is 14.3. The summed E-state index contributed by atoms with van der Waals surface area (Å²) in [6, 6.07) is 0. The summed E-state index contributed by atoms with van der Waals surface area (Å²) >= 11 is 0. The molecule has 0 aromatic carbocycles. The van der Waals surface area contributed by atoms with Crippen LogP contribution in [0.15, 0.2) is 0 Å². The van der Waals surface area contributed by atoms with Gasteiger partial charge in [0.15, 0.2) is 0 Å². The fourth-order valence-corrected chi connectivity index (χ4v) is 3.43. The molecule has 0 fully saturated rings. The first-order valence-corrected chi connectivity index (χ1v) is 9.95. The second-order valence-electron chi connectivity index (χ2n) is 8.29. The molecule has 0 saturated heterocycles. The molecule has 0 nitrogen and oxygen atoms in total. The van der Waals surface area contributed by atoms with E-state index < -0.39 is 0 Å². The molecule has 0 aromatic heterocycles. The maximum Gasteiger partial charge on any atom is -0.0443 e. The van der Waals surface area contributed by atoms with Crippen LogP contribution in [0, 0.1) is 23.7 Å². The SMILES string of the molecule is CCC[C@H](C)CCC[C@H](C)CCC[C@@H](C)CCCC(C)C. The molecule has 0 aliphatic heterocycles. The van der Waals surface area contributed by atoms with E-state index in [1.807, 2.05) is 0 Å². The Morgan fingerprint density at radius 1 is 0.476 bits per heavy atom. The Labute approximate surface area is 136 Å². The molecule has 0 heterocycles. The smallest absolute Gasteiger partial charge is 0.0443 e. The topological polar surface area (TPSA) is 0 Å². The van der Waals surface area contributed by atoms with E-state index in [1.165, 1.54) is 70.6 Å². The van der Waals surface area contributed by atoms with Crippen molar-refractivity contribution in [3.8, 4) is 0 Å². The highest BCUT2D eigenvalue weighted by Gasteiger charge is 2.07. The lowest BCUT2D eigenvalue weighted by atomic mass is 9.90. The molecule has 0 radical (unpaired) electrons. The number of hydrogen-bond donors (Lipinski definition) is 0. The minimum absolute atomic E-state index is 0.882. The lowest BCUT2D eigenvalue weighted by Crippen LogP contribution is -2.01. The van der Waals surface area contributed by atoms with E-state index >= 15 is 0 Å². The maximum absolute atomic E-state index is 2.47. The lowest BCUT2D eigenvalue weighted by molar-refractivity contribution is 0.374. The zero-order valence-electron chi connectivity index (χ0n) is 16.1. The molecular formula is C21H44. The van der Waals surface area contributed by atoms with Gasteiger partial charge in [-0.15, -0.1) is 0 Å². The third kappa shape index (κ3) is 14.7. The zero-order valence-corrected chi connectivity index (χ0v) is 16.1. The Morgan fingerprint density at radius 2 is 0.810 bits per heavy atom. The molecule has 0 N–H and O–H groups in total. The van der Waals surface area contributed by atoms with Crippen LogP contribution >= 0.6 is 0 Å². The minimum atomic E-state index is 0.882. The van der Waals surface area contributed by atoms with Crippen molar-refractivity contribution >= 4 is 0 Å². The molecule has 3 atom stereocenters. The Kier molecular flexibility index (Phi) is 13.6. The fourth-order valence-electron chi connectivity index (χ4n) is 3.43. The molecule has 128 valence electrons. The molecule has 0 spiro atoms. The summed E-state index contributed by atoms with van der Waals surface area (Å²) in [5.74, 6) is 3.72. The van der Waals surface area contributed by atoms with Gasteiger partial charge in [-0.05, 0) is 23.7 Å². The molecule has 0 aliphatic carbocycles. The van der Waals surface area contributed by atoms with E-state index in [9.17, 15) is 0 Å². The van der Waals surface area contributed by atoms with Crippen molar-refractivity contribution in [3.05, 3.63) is 0 Å². The molecule has 0 heteroatoms. The third-order valence-corrected chi connectivity index (χ3v) is 5.05. The van der Waals surface area contributed by atoms with Crippen LogP contribution in [0.4, 0.5) is 0 Å². The van der Waals surface area contributed by atoms with Crippen molar-refractivity contribution in [3.63, 3.8) is 0 Å². The summed E-state index contributed by atoms with van der Waals surface area (Å²) in [7, 11) is 0. The van der Waals surface area contributed by atoms with Crippen LogP contribution in [0.1, 0.15) is 112 Å². The van der Waals surface area contributed by atoms with E-state index in [0.29, 0.717) is 0 Å². The second-order valence-corrected chi connectivity index (χ2v) is 8.29. The Hall–Kier alpha value is 0. The van der Waals surface area contributed by atoms with Gasteiger partial charge in [0, 0.05) is 0 Å². The van der Waals surface area contributed by atoms with Crippen molar-refractivity contribution in [2.45, 2.75) is 112 Å². The highest BCUT2D eigenvalue weighted by molar-refractivity contribution is 4.60. The van der Waals surface area contributed by atoms with E-state index in [2.05, 4.69) is 41.5 Å². The van der Waals surface area contributed by atoms with Crippen LogP contribution in [0.2, 0.25) is 0 Å². The van der Waals surface area contributed by atoms with Gasteiger partial charge in [0.05, 0.1) is 0 Å². The summed E-state index contributed by atoms with van der Waals surface area (Å²) in [5, 5.41) is 0. The molecule has 21 heavy (non-hydrogen) atoms. The van der Waals surface area contributed by atoms with Gasteiger partial charge >= 0.3 is 0 Å². The average Bonchev–Trinajstić information content (AvgIpc) is 2.38. The first-order valence-electron chi connectivity index (χ1n) is 9.95. The maximum atomic E-state index is 2.47. The minimum Gasteiger partial charge on any atom is -0.0654 e. The van der Waals surface area contributed by atoms with Crippen molar-refractivity contribution in [1.82, 2.24) is 0 Å². The molecule has 0 unspecified atom stereocenters. The summed E-state index contributed by atoms with van der Waals surface area (Å²) < 4.78 is 0. The average molecular weight is 297 g/mol. The zero-order chi connectivity index (χ0) is 16.1. The predicted molar refractivity (Wildman–Crippen MR) is 98.8 cm³/mol. The van der Waals surface area contributed by atoms with Crippen LogP contribution in [0.5, 0.6) is 0 Å². The molecule has 0 aromatic rings. The fraction of sp³-hybridized carbons (Fsp3) is 1.00. The van der Waals surface area contributed by atoms with Gasteiger partial charge in [-0.1, -0.05) is 112 Å². The molecule has 0 rings (SSSR count). The standard InChI is InChI=1S/C21H44/c1-7-11-19(4)14-9-15-21(6)17-10-16-20(5)13-8-12-18(2)3/h18-21H,7-17H2,1-6H3/t19-,20-,21-/m0/s1. The monoisotopic (exact) mass is 296 g/mol. The van der Waals surface area contributed by atoms with E-state index in [-0.39, 0.29) is 0 Å². The normalized spacial score (nSPS) is 16.1. The molecule has 0 aliphatic rings. The molecule has 0 saturated carbocycles. The highest BCUT2D eigenvalue weighted by Crippen LogP contribution is 2.22. The van der Waals surface area contributed by atoms with Crippen LogP contribution in [-0.2, 0) is 0 Å². The Balaban J connectivity index is 3.45. The first-order chi connectivity index (χ1) is 9.95. The summed E-state index contributed by atoms with van der Waals surface area (Å²) in [6.07, 6.45) is 15.8. The van der Waals surface area contributed by atoms with E-state index in [1.54, 1.807) is 0 Å². The van der Waals surface area contributed by atoms with Crippen LogP contribution in [-0.4, -0.2) is 0 Å². The van der Waals surface area contributed by atoms with Crippen molar-refractivity contribution < 1.29 is 0 Å². The van der Waals surface area contributed by atoms with E-state index in [0.717, 1.165) is 23.7 Å². The van der Waals surface area contributed by atoms with Crippen LogP contribution < -0.4 is 0 Å². The summed E-state index contributed by atoms with van der Waals surface area (Å²) in [4.78, 5) is 0. The Morgan fingerprint density at radius 3 is 1.14 bits per heavy atom. The van der Waals surface area contributed by atoms with Gasteiger partial charge < -0.3 is 0 Å². The van der Waals surface area contributed by atoms with Crippen molar-refractivity contribution in [2.75, 3.05) is 0 Å². The Bertz CT molecular complexity index is 206. The molecule has 0 amide bonds. The van der Waals surface area contributed by atoms with Crippen molar-refractivity contribution in [2.24, 2.45) is 23.7 Å². The number of rotatable bonds is 14. The molecular weight excluding hydrogens is 252 g/mol. The van der Waals surface area contributed by atoms with Gasteiger partial charge in [-0.3, -0.25) is 0 Å². The van der Waals surface area contributed by atoms with Gasteiger partial charge in [0.1, 0.15) is 0 Å². The van der Waals surface area contributed by atoms with E-state index in [4.69, 9.17) is 0 Å². The second kappa shape index (κ2) is 13.6. The molecule has 0 bridgehead atoms. The van der Waals surface area contributed by atoms with Gasteiger partial charge in [0.2, 0.25) is 0 Å². The van der Waals surface area contributed by atoms with Gasteiger partial charge in [-0.25, -0.2) is 0 Å². The van der Waals surface area contributed by atoms with Crippen LogP contribution in [0.25, 0.3) is 0 Å². The van der Waals surface area contributed by atoms with Gasteiger partial charge in [-0.2, -0.15) is 0 Å².